The van der Waals surface area contributed by atoms with Crippen molar-refractivity contribution < 1.29 is 19.1 Å². The lowest BCUT2D eigenvalue weighted by molar-refractivity contribution is -0.147. The second-order valence-corrected chi connectivity index (χ2v) is 6.16. The second kappa shape index (κ2) is 8.53. The fourth-order valence-corrected chi connectivity index (χ4v) is 2.75. The number of nitrogens with zero attached hydrogens (tertiary/aromatic N) is 2. The molecule has 0 spiro atoms. The van der Waals surface area contributed by atoms with Crippen molar-refractivity contribution in [3.05, 3.63) is 64.2 Å². The van der Waals surface area contributed by atoms with Crippen molar-refractivity contribution in [2.75, 3.05) is 19.0 Å². The third kappa shape index (κ3) is 4.47. The Hall–Kier alpha value is -3.39. The maximum atomic E-state index is 12.3. The van der Waals surface area contributed by atoms with Crippen LogP contribution in [0.1, 0.15) is 0 Å². The Bertz CT molecular complexity index is 1100. The van der Waals surface area contributed by atoms with Crippen molar-refractivity contribution in [1.82, 2.24) is 9.55 Å². The quantitative estimate of drug-likeness (QED) is 0.636. The van der Waals surface area contributed by atoms with Crippen molar-refractivity contribution in [2.45, 2.75) is 6.54 Å². The molecule has 1 N–H and O–H groups in total. The summed E-state index contributed by atoms with van der Waals surface area (Å²) in [6, 6.07) is 11.5. The van der Waals surface area contributed by atoms with Gasteiger partial charge in [-0.1, -0.05) is 23.7 Å². The lowest BCUT2D eigenvalue weighted by atomic mass is 10.2. The molecule has 1 amide bonds. The average molecular weight is 402 g/mol. The highest BCUT2D eigenvalue weighted by atomic mass is 35.5. The van der Waals surface area contributed by atoms with Gasteiger partial charge in [0.2, 0.25) is 0 Å². The predicted molar refractivity (Wildman–Crippen MR) is 104 cm³/mol. The van der Waals surface area contributed by atoms with Crippen LogP contribution in [0.25, 0.3) is 10.9 Å². The lowest BCUT2D eigenvalue weighted by Gasteiger charge is -2.09. The van der Waals surface area contributed by atoms with Gasteiger partial charge in [0.05, 0.1) is 29.4 Å². The van der Waals surface area contributed by atoms with Crippen LogP contribution in [0.3, 0.4) is 0 Å². The van der Waals surface area contributed by atoms with E-state index in [4.69, 9.17) is 21.1 Å². The van der Waals surface area contributed by atoms with E-state index in [0.717, 1.165) is 4.57 Å². The number of hydrogen-bond acceptors (Lipinski definition) is 6. The largest absolute Gasteiger partial charge is 0.495 e. The van der Waals surface area contributed by atoms with E-state index < -0.39 is 18.5 Å². The highest BCUT2D eigenvalue weighted by Crippen LogP contribution is 2.27. The Morgan fingerprint density at radius 3 is 2.75 bits per heavy atom. The van der Waals surface area contributed by atoms with Gasteiger partial charge >= 0.3 is 5.97 Å². The van der Waals surface area contributed by atoms with Gasteiger partial charge in [0.25, 0.3) is 11.5 Å². The normalized spacial score (nSPS) is 10.5. The molecule has 0 aliphatic carbocycles. The first-order valence-electron chi connectivity index (χ1n) is 8.21. The Morgan fingerprint density at radius 1 is 1.21 bits per heavy atom. The molecule has 0 bridgehead atoms. The van der Waals surface area contributed by atoms with E-state index in [-0.39, 0.29) is 12.1 Å². The number of hydrogen-bond donors (Lipinski definition) is 1. The fraction of sp³-hybridized carbons (Fsp3) is 0.158. The average Bonchev–Trinajstić information content (AvgIpc) is 2.69. The van der Waals surface area contributed by atoms with E-state index in [1.165, 1.54) is 19.5 Å². The van der Waals surface area contributed by atoms with Gasteiger partial charge in [-0.2, -0.15) is 0 Å². The van der Waals surface area contributed by atoms with E-state index in [9.17, 15) is 14.4 Å². The van der Waals surface area contributed by atoms with Crippen molar-refractivity contribution in [2.24, 2.45) is 0 Å². The first-order valence-corrected chi connectivity index (χ1v) is 8.59. The minimum Gasteiger partial charge on any atom is -0.495 e. The van der Waals surface area contributed by atoms with Crippen molar-refractivity contribution in [3.63, 3.8) is 0 Å². The van der Waals surface area contributed by atoms with Gasteiger partial charge in [0.1, 0.15) is 12.3 Å². The molecule has 3 rings (SSSR count). The third-order valence-corrected chi connectivity index (χ3v) is 4.13. The number of ether oxygens (including phenoxy) is 2. The highest BCUT2D eigenvalue weighted by molar-refractivity contribution is 6.32. The first kappa shape index (κ1) is 19.4. The maximum absolute atomic E-state index is 12.3. The zero-order valence-corrected chi connectivity index (χ0v) is 15.6. The summed E-state index contributed by atoms with van der Waals surface area (Å²) < 4.78 is 11.1. The summed E-state index contributed by atoms with van der Waals surface area (Å²) in [6.45, 7) is -0.851. The number of anilines is 1. The number of nitrogens with one attached hydrogen (secondary N) is 1. The summed E-state index contributed by atoms with van der Waals surface area (Å²) in [7, 11) is 1.48. The molecule has 144 valence electrons. The molecule has 0 aliphatic heterocycles. The van der Waals surface area contributed by atoms with Crippen LogP contribution in [0.2, 0.25) is 5.02 Å². The number of carbonyl (C=O) groups is 2. The number of carbonyl (C=O) groups excluding carboxylic acids is 2. The van der Waals surface area contributed by atoms with Gasteiger partial charge in [-0.05, 0) is 30.3 Å². The number of para-hydroxylation sites is 1. The molecule has 0 saturated carbocycles. The molecule has 0 atom stereocenters. The number of aromatic nitrogens is 2. The van der Waals surface area contributed by atoms with Crippen LogP contribution in [-0.4, -0.2) is 35.1 Å². The van der Waals surface area contributed by atoms with Crippen molar-refractivity contribution in [3.8, 4) is 5.75 Å². The molecule has 3 aromatic rings. The monoisotopic (exact) mass is 401 g/mol. The zero-order valence-electron chi connectivity index (χ0n) is 14.8. The fourth-order valence-electron chi connectivity index (χ4n) is 2.49. The summed E-state index contributed by atoms with van der Waals surface area (Å²) in [4.78, 5) is 40.4. The molecule has 8 nitrogen and oxygen atoms in total. The van der Waals surface area contributed by atoms with Crippen molar-refractivity contribution in [1.29, 1.82) is 0 Å². The molecule has 0 unspecified atom stereocenters. The topological polar surface area (TPSA) is 99.5 Å². The van der Waals surface area contributed by atoms with Gasteiger partial charge in [0, 0.05) is 5.69 Å². The standard InChI is InChI=1S/C19H16ClN3O5/c1-27-16-7-6-12(8-14(16)20)22-17(24)10-28-18(25)9-23-11-21-15-5-3-2-4-13(15)19(23)26/h2-8,11H,9-10H2,1H3,(H,22,24). The van der Waals surface area contributed by atoms with Crippen LogP contribution in [0.15, 0.2) is 53.6 Å². The molecule has 28 heavy (non-hydrogen) atoms. The number of amides is 1. The first-order chi connectivity index (χ1) is 13.5. The molecule has 2 aromatic carbocycles. The number of benzene rings is 2. The van der Waals surface area contributed by atoms with Gasteiger partial charge < -0.3 is 14.8 Å². The molecule has 9 heteroatoms. The predicted octanol–water partition coefficient (Wildman–Crippen LogP) is 2.24. The minimum absolute atomic E-state index is 0.334. The molecular formula is C19H16ClN3O5. The van der Waals surface area contributed by atoms with E-state index >= 15 is 0 Å². The molecule has 1 aromatic heterocycles. The number of rotatable bonds is 6. The highest BCUT2D eigenvalue weighted by Gasteiger charge is 2.12. The Kier molecular flexibility index (Phi) is 5.90. The van der Waals surface area contributed by atoms with E-state index in [1.807, 2.05) is 0 Å². The smallest absolute Gasteiger partial charge is 0.326 e. The SMILES string of the molecule is COc1ccc(NC(=O)COC(=O)Cn2cnc3ccccc3c2=O)cc1Cl. The minimum atomic E-state index is -0.734. The molecule has 0 saturated heterocycles. The Morgan fingerprint density at radius 2 is 2.00 bits per heavy atom. The van der Waals surface area contributed by atoms with Gasteiger partial charge in [-0.25, -0.2) is 4.98 Å². The third-order valence-electron chi connectivity index (χ3n) is 3.83. The Labute approximate surface area is 164 Å². The molecule has 1 heterocycles. The lowest BCUT2D eigenvalue weighted by Crippen LogP contribution is -2.28. The zero-order chi connectivity index (χ0) is 20.1. The van der Waals surface area contributed by atoms with Crippen LogP contribution < -0.4 is 15.6 Å². The van der Waals surface area contributed by atoms with E-state index in [2.05, 4.69) is 10.3 Å². The number of halogens is 1. The van der Waals surface area contributed by atoms with Gasteiger partial charge in [0.15, 0.2) is 6.61 Å². The number of esters is 1. The van der Waals surface area contributed by atoms with E-state index in [0.29, 0.717) is 27.4 Å². The summed E-state index contributed by atoms with van der Waals surface area (Å²) in [5.74, 6) is -0.804. The van der Waals surface area contributed by atoms with Gasteiger partial charge in [-0.3, -0.25) is 19.0 Å². The maximum Gasteiger partial charge on any atom is 0.326 e. The number of fused-ring (bicyclic) bond motifs is 1. The van der Waals surface area contributed by atoms with Crippen LogP contribution in [0.5, 0.6) is 5.75 Å². The summed E-state index contributed by atoms with van der Waals surface area (Å²) in [5, 5.41) is 3.28. The molecule has 0 aliphatic rings. The molecular weight excluding hydrogens is 386 g/mol. The van der Waals surface area contributed by atoms with E-state index in [1.54, 1.807) is 36.4 Å². The van der Waals surface area contributed by atoms with Crippen LogP contribution in [0, 0.1) is 0 Å². The Balaban J connectivity index is 1.57. The van der Waals surface area contributed by atoms with Crippen LogP contribution >= 0.6 is 11.6 Å². The van der Waals surface area contributed by atoms with Gasteiger partial charge in [-0.15, -0.1) is 0 Å². The summed E-state index contributed by atoms with van der Waals surface area (Å²) in [6.07, 6.45) is 1.27. The second-order valence-electron chi connectivity index (χ2n) is 5.75. The van der Waals surface area contributed by atoms with Crippen molar-refractivity contribution >= 4 is 40.1 Å². The summed E-state index contributed by atoms with van der Waals surface area (Å²) >= 11 is 5.99. The van der Waals surface area contributed by atoms with Crippen LogP contribution in [0.4, 0.5) is 5.69 Å². The molecule has 0 fully saturated rings. The summed E-state index contributed by atoms with van der Waals surface area (Å²) in [5.41, 5.74) is 0.608. The van der Waals surface area contributed by atoms with Crippen LogP contribution in [-0.2, 0) is 20.9 Å². The molecule has 0 radical (unpaired) electrons. The number of methoxy groups -OCH3 is 1.